The van der Waals surface area contributed by atoms with Crippen LogP contribution >= 0.6 is 0 Å². The smallest absolute Gasteiger partial charge is 0.328 e. The fourth-order valence-electron chi connectivity index (χ4n) is 1.40. The monoisotopic (exact) mass is 245 g/mol. The number of carboxylic acids is 1. The first kappa shape index (κ1) is 11.9. The zero-order valence-electron chi connectivity index (χ0n) is 9.90. The SMILES string of the molecule is Cc1nc(C)n(-c2ncc(/C=C/C(=O)O)cn2)n1. The number of carbonyl (C=O) groups is 1. The molecule has 0 atom stereocenters. The Labute approximate surface area is 103 Å². The maximum Gasteiger partial charge on any atom is 0.328 e. The van der Waals surface area contributed by atoms with Crippen molar-refractivity contribution >= 4 is 12.0 Å². The third kappa shape index (κ3) is 2.57. The van der Waals surface area contributed by atoms with Gasteiger partial charge in [-0.3, -0.25) is 0 Å². The molecule has 0 aliphatic rings. The fourth-order valence-corrected chi connectivity index (χ4v) is 1.40. The van der Waals surface area contributed by atoms with E-state index in [0.29, 0.717) is 23.2 Å². The van der Waals surface area contributed by atoms with Gasteiger partial charge in [0.25, 0.3) is 5.95 Å². The highest BCUT2D eigenvalue weighted by Gasteiger charge is 2.06. The lowest BCUT2D eigenvalue weighted by atomic mass is 10.3. The summed E-state index contributed by atoms with van der Waals surface area (Å²) >= 11 is 0. The average molecular weight is 245 g/mol. The molecule has 2 aromatic rings. The number of aliphatic carboxylic acids is 1. The summed E-state index contributed by atoms with van der Waals surface area (Å²) in [6.07, 6.45) is 5.51. The number of carboxylic acid groups (broad SMARTS) is 1. The van der Waals surface area contributed by atoms with Crippen molar-refractivity contribution in [2.24, 2.45) is 0 Å². The second-order valence-electron chi connectivity index (χ2n) is 3.61. The number of hydrogen-bond donors (Lipinski definition) is 1. The number of aromatic nitrogens is 5. The van der Waals surface area contributed by atoms with E-state index in [4.69, 9.17) is 5.11 Å². The molecule has 0 bridgehead atoms. The standard InChI is InChI=1S/C11H11N5O2/c1-7-14-8(2)16(15-7)11-12-5-9(6-13-11)3-4-10(17)18/h3-6H,1-2H3,(H,17,18)/b4-3+. The van der Waals surface area contributed by atoms with Crippen LogP contribution in [0.4, 0.5) is 0 Å². The van der Waals surface area contributed by atoms with Crippen molar-refractivity contribution in [2.45, 2.75) is 13.8 Å². The van der Waals surface area contributed by atoms with Crippen LogP contribution in [0.2, 0.25) is 0 Å². The van der Waals surface area contributed by atoms with E-state index in [-0.39, 0.29) is 0 Å². The van der Waals surface area contributed by atoms with Crippen molar-refractivity contribution in [3.05, 3.63) is 35.7 Å². The van der Waals surface area contributed by atoms with Gasteiger partial charge < -0.3 is 5.11 Å². The summed E-state index contributed by atoms with van der Waals surface area (Å²) in [7, 11) is 0. The summed E-state index contributed by atoms with van der Waals surface area (Å²) in [4.78, 5) is 22.7. The highest BCUT2D eigenvalue weighted by atomic mass is 16.4. The number of aryl methyl sites for hydroxylation is 2. The van der Waals surface area contributed by atoms with Crippen molar-refractivity contribution in [3.8, 4) is 5.95 Å². The third-order valence-corrected chi connectivity index (χ3v) is 2.14. The summed E-state index contributed by atoms with van der Waals surface area (Å²) in [5, 5.41) is 12.6. The molecule has 0 saturated carbocycles. The van der Waals surface area contributed by atoms with Gasteiger partial charge in [-0.2, -0.15) is 4.68 Å². The van der Waals surface area contributed by atoms with Crippen LogP contribution in [-0.4, -0.2) is 35.8 Å². The molecule has 0 amide bonds. The molecule has 0 saturated heterocycles. The Balaban J connectivity index is 2.27. The maximum absolute atomic E-state index is 10.4. The van der Waals surface area contributed by atoms with E-state index in [1.807, 2.05) is 6.92 Å². The van der Waals surface area contributed by atoms with Crippen LogP contribution in [-0.2, 0) is 4.79 Å². The predicted molar refractivity (Wildman–Crippen MR) is 63.1 cm³/mol. The zero-order chi connectivity index (χ0) is 13.1. The lowest BCUT2D eigenvalue weighted by Crippen LogP contribution is -2.04. The average Bonchev–Trinajstić information content (AvgIpc) is 2.66. The van der Waals surface area contributed by atoms with Gasteiger partial charge in [0.15, 0.2) is 0 Å². The summed E-state index contributed by atoms with van der Waals surface area (Å²) in [6.45, 7) is 3.59. The van der Waals surface area contributed by atoms with Crippen LogP contribution < -0.4 is 0 Å². The Morgan fingerprint density at radius 3 is 2.50 bits per heavy atom. The molecule has 0 unspecified atom stereocenters. The van der Waals surface area contributed by atoms with E-state index in [1.165, 1.54) is 23.2 Å². The van der Waals surface area contributed by atoms with Crippen LogP contribution in [0.3, 0.4) is 0 Å². The van der Waals surface area contributed by atoms with E-state index in [1.54, 1.807) is 6.92 Å². The Bertz CT molecular complexity index is 600. The molecule has 18 heavy (non-hydrogen) atoms. The molecule has 0 aromatic carbocycles. The Morgan fingerprint density at radius 2 is 2.00 bits per heavy atom. The van der Waals surface area contributed by atoms with Crippen molar-refractivity contribution in [1.82, 2.24) is 24.7 Å². The largest absolute Gasteiger partial charge is 0.478 e. The number of rotatable bonds is 3. The normalized spacial score (nSPS) is 11.0. The topological polar surface area (TPSA) is 93.8 Å². The van der Waals surface area contributed by atoms with Crippen LogP contribution in [0.1, 0.15) is 17.2 Å². The first-order valence-corrected chi connectivity index (χ1v) is 5.20. The van der Waals surface area contributed by atoms with Crippen LogP contribution in [0.15, 0.2) is 18.5 Å². The second kappa shape index (κ2) is 4.74. The van der Waals surface area contributed by atoms with Crippen LogP contribution in [0.25, 0.3) is 12.0 Å². The molecule has 0 spiro atoms. The molecule has 2 aromatic heterocycles. The molecular formula is C11H11N5O2. The molecule has 1 N–H and O–H groups in total. The summed E-state index contributed by atoms with van der Waals surface area (Å²) in [5.74, 6) is 0.731. The molecule has 2 rings (SSSR count). The van der Waals surface area contributed by atoms with Gasteiger partial charge in [-0.15, -0.1) is 5.10 Å². The highest BCUT2D eigenvalue weighted by molar-refractivity contribution is 5.85. The summed E-state index contributed by atoms with van der Waals surface area (Å²) in [5.41, 5.74) is 0.607. The Hall–Kier alpha value is -2.57. The Morgan fingerprint density at radius 1 is 1.33 bits per heavy atom. The minimum absolute atomic E-state index is 0.403. The summed E-state index contributed by atoms with van der Waals surface area (Å²) < 4.78 is 1.53. The number of hydrogen-bond acceptors (Lipinski definition) is 5. The molecule has 0 radical (unpaired) electrons. The quantitative estimate of drug-likeness (QED) is 0.803. The van der Waals surface area contributed by atoms with Gasteiger partial charge in [-0.05, 0) is 19.9 Å². The van der Waals surface area contributed by atoms with E-state index in [9.17, 15) is 4.79 Å². The lowest BCUT2D eigenvalue weighted by Gasteiger charge is -2.00. The van der Waals surface area contributed by atoms with E-state index >= 15 is 0 Å². The van der Waals surface area contributed by atoms with Crippen molar-refractivity contribution < 1.29 is 9.90 Å². The molecule has 92 valence electrons. The predicted octanol–water partition coefficient (Wildman–Crippen LogP) is 0.772. The first-order valence-electron chi connectivity index (χ1n) is 5.20. The fraction of sp³-hybridized carbons (Fsp3) is 0.182. The van der Waals surface area contributed by atoms with Gasteiger partial charge in [0.05, 0.1) is 0 Å². The zero-order valence-corrected chi connectivity index (χ0v) is 9.90. The third-order valence-electron chi connectivity index (χ3n) is 2.14. The minimum Gasteiger partial charge on any atom is -0.478 e. The molecule has 0 fully saturated rings. The van der Waals surface area contributed by atoms with Crippen LogP contribution in [0.5, 0.6) is 0 Å². The van der Waals surface area contributed by atoms with Gasteiger partial charge in [-0.1, -0.05) is 0 Å². The van der Waals surface area contributed by atoms with Gasteiger partial charge >= 0.3 is 5.97 Å². The number of nitrogens with zero attached hydrogens (tertiary/aromatic N) is 5. The van der Waals surface area contributed by atoms with Crippen molar-refractivity contribution in [2.75, 3.05) is 0 Å². The van der Waals surface area contributed by atoms with Gasteiger partial charge in [0.2, 0.25) is 0 Å². The van der Waals surface area contributed by atoms with E-state index in [2.05, 4.69) is 20.1 Å². The van der Waals surface area contributed by atoms with Gasteiger partial charge in [0, 0.05) is 24.0 Å². The van der Waals surface area contributed by atoms with Crippen LogP contribution in [0, 0.1) is 13.8 Å². The minimum atomic E-state index is -1.01. The molecule has 2 heterocycles. The van der Waals surface area contributed by atoms with Gasteiger partial charge in [0.1, 0.15) is 11.6 Å². The molecule has 0 aliphatic heterocycles. The molecular weight excluding hydrogens is 234 g/mol. The Kier molecular flexibility index (Phi) is 3.13. The van der Waals surface area contributed by atoms with E-state index in [0.717, 1.165) is 6.08 Å². The highest BCUT2D eigenvalue weighted by Crippen LogP contribution is 2.05. The second-order valence-corrected chi connectivity index (χ2v) is 3.61. The molecule has 7 heteroatoms. The van der Waals surface area contributed by atoms with E-state index < -0.39 is 5.97 Å². The molecule has 0 aliphatic carbocycles. The van der Waals surface area contributed by atoms with Crippen molar-refractivity contribution in [3.63, 3.8) is 0 Å². The first-order chi connectivity index (χ1) is 8.56. The molecule has 7 nitrogen and oxygen atoms in total. The maximum atomic E-state index is 10.4. The van der Waals surface area contributed by atoms with Crippen molar-refractivity contribution in [1.29, 1.82) is 0 Å². The van der Waals surface area contributed by atoms with Gasteiger partial charge in [-0.25, -0.2) is 19.7 Å². The summed E-state index contributed by atoms with van der Waals surface area (Å²) in [6, 6.07) is 0. The lowest BCUT2D eigenvalue weighted by molar-refractivity contribution is -0.131.